The molecule has 0 saturated carbocycles. The fourth-order valence-electron chi connectivity index (χ4n) is 12.1. The lowest BCUT2D eigenvalue weighted by Gasteiger charge is -2.21. The number of fused-ring (bicyclic) bond motifs is 8. The summed E-state index contributed by atoms with van der Waals surface area (Å²) in [6.07, 6.45) is 40.7. The molecule has 456 valence electrons. The van der Waals surface area contributed by atoms with Crippen LogP contribution in [0.3, 0.4) is 0 Å². The minimum absolute atomic E-state index is 0.100. The predicted molar refractivity (Wildman–Crippen MR) is 349 cm³/mol. The molecule has 0 aliphatic heterocycles. The van der Waals surface area contributed by atoms with E-state index in [0.717, 1.165) is 162 Å². The molecule has 0 radical (unpaired) electrons. The second-order valence-corrected chi connectivity index (χ2v) is 22.9. The molecule has 7 aliphatic carbocycles. The lowest BCUT2D eigenvalue weighted by Crippen LogP contribution is -2.06. The van der Waals surface area contributed by atoms with E-state index in [1.165, 1.54) is 48.8 Å². The van der Waals surface area contributed by atoms with Crippen LogP contribution in [0, 0.1) is 0 Å². The number of hydrogen-bond acceptors (Lipinski definition) is 8. The first-order chi connectivity index (χ1) is 43.5. The van der Waals surface area contributed by atoms with Crippen LogP contribution >= 0.6 is 0 Å². The molecule has 7 aliphatic rings. The molecule has 16 rings (SSSR count). The highest BCUT2D eigenvalue weighted by atomic mass is 16.3. The first kappa shape index (κ1) is 63.8. The molecule has 89 heavy (non-hydrogen) atoms. The number of benzene rings is 9. The van der Waals surface area contributed by atoms with Gasteiger partial charge in [-0.3, -0.25) is 0 Å². The molecule has 0 spiro atoms. The van der Waals surface area contributed by atoms with Crippen molar-refractivity contribution >= 4 is 41.2 Å². The predicted octanol–water partition coefficient (Wildman–Crippen LogP) is 14.2. The molecule has 0 fully saturated rings. The zero-order valence-electron chi connectivity index (χ0n) is 50.6. The van der Waals surface area contributed by atoms with E-state index in [4.69, 9.17) is 0 Å². The van der Waals surface area contributed by atoms with Crippen molar-refractivity contribution in [2.24, 2.45) is 0 Å². The van der Waals surface area contributed by atoms with Crippen molar-refractivity contribution in [3.05, 3.63) is 278 Å². The average molecular weight is 1180 g/mol. The van der Waals surface area contributed by atoms with Crippen LogP contribution in [0.1, 0.15) is 142 Å². The molecule has 9 aromatic rings. The van der Waals surface area contributed by atoms with Crippen molar-refractivity contribution in [3.8, 4) is 46.0 Å². The molecular weight excluding hydrogens is 1100 g/mol. The number of rotatable bonds is 0. The highest BCUT2D eigenvalue weighted by molar-refractivity contribution is 5.87. The Hall–Kier alpha value is -9.66. The van der Waals surface area contributed by atoms with Gasteiger partial charge in [-0.15, -0.1) is 46.0 Å². The summed E-state index contributed by atoms with van der Waals surface area (Å²) in [5.41, 5.74) is 15.1. The fourth-order valence-corrected chi connectivity index (χ4v) is 12.1. The van der Waals surface area contributed by atoms with E-state index in [2.05, 4.69) is 42.5 Å². The molecule has 0 unspecified atom stereocenters. The van der Waals surface area contributed by atoms with Crippen LogP contribution in [0.4, 0.5) is 0 Å². The van der Waals surface area contributed by atoms with E-state index < -0.39 is 0 Å². The van der Waals surface area contributed by atoms with Gasteiger partial charge >= 0.3 is 0 Å². The van der Waals surface area contributed by atoms with Crippen LogP contribution in [0.2, 0.25) is 0 Å². The third kappa shape index (κ3) is 18.0. The fraction of sp³-hybridized carbons (Fsp3) is 0.235. The van der Waals surface area contributed by atoms with Crippen LogP contribution < -0.4 is 40.9 Å². The smallest absolute Gasteiger partial charge is 0.00943 e. The van der Waals surface area contributed by atoms with Crippen molar-refractivity contribution in [2.45, 2.75) is 122 Å². The highest BCUT2D eigenvalue weighted by Crippen LogP contribution is 2.31. The molecule has 8 heteroatoms. The van der Waals surface area contributed by atoms with Gasteiger partial charge in [0.2, 0.25) is 0 Å². The van der Waals surface area contributed by atoms with E-state index in [0.29, 0.717) is 0 Å². The molecule has 0 atom stereocenters. The summed E-state index contributed by atoms with van der Waals surface area (Å²) in [5.74, 6) is 1.47. The van der Waals surface area contributed by atoms with Crippen LogP contribution in [0.5, 0.6) is 46.0 Å². The first-order valence-electron chi connectivity index (χ1n) is 31.5. The Bertz CT molecular complexity index is 3940. The van der Waals surface area contributed by atoms with Gasteiger partial charge < -0.3 is 40.9 Å². The van der Waals surface area contributed by atoms with Gasteiger partial charge in [0.1, 0.15) is 0 Å². The monoisotopic (exact) mass is 1180 g/mol. The zero-order valence-corrected chi connectivity index (χ0v) is 50.6. The molecule has 0 N–H and O–H groups in total. The van der Waals surface area contributed by atoms with E-state index in [-0.39, 0.29) is 46.0 Å². The van der Waals surface area contributed by atoms with Gasteiger partial charge in [-0.1, -0.05) is 254 Å². The standard InChI is InChI=1S/C11H14O.C11H12O.C11H10O.C10H12O.C10H10O.C10H8O.C9H10O.C9H8O/c3*12-11-8-4-6-9-5-2-1-3-7-10(9)11;3*11-10-7-3-5-8-4-1-2-6-9(8)10;2*10-9-6-2-4-7-3-1-5-8(7)9/h4,6,8,12H,1-3,5,7H2;2,4-6,8,12H,1,3,7H2;2-8,12H,1H2;3,5,7,11H,1-2,4,6H2;1,3-5,7,11H,2,6H2;1-7,11H;2,4,6,10H,1,3,5H2;1-4,6,10H,5H2/p-8. The maximum atomic E-state index is 11.4. The minimum Gasteiger partial charge on any atom is -0.872 e. The van der Waals surface area contributed by atoms with Crippen molar-refractivity contribution in [3.63, 3.8) is 0 Å². The van der Waals surface area contributed by atoms with Crippen LogP contribution in [0.15, 0.2) is 200 Å². The van der Waals surface area contributed by atoms with E-state index in [1.54, 1.807) is 66.7 Å². The molecule has 9 aromatic carbocycles. The molecule has 0 saturated heterocycles. The highest BCUT2D eigenvalue weighted by Gasteiger charge is 2.11. The largest absolute Gasteiger partial charge is 0.872 e. The number of allylic oxidation sites excluding steroid dienone is 5. The number of hydrogen-bond donors (Lipinski definition) is 0. The van der Waals surface area contributed by atoms with E-state index in [9.17, 15) is 40.9 Å². The van der Waals surface area contributed by atoms with Crippen LogP contribution in [-0.4, -0.2) is 0 Å². The third-order valence-corrected chi connectivity index (χ3v) is 16.8. The van der Waals surface area contributed by atoms with Crippen molar-refractivity contribution in [1.29, 1.82) is 0 Å². The Morgan fingerprint density at radius 1 is 0.236 bits per heavy atom. The number of aryl methyl sites for hydroxylation is 3. The summed E-state index contributed by atoms with van der Waals surface area (Å²) >= 11 is 0. The summed E-state index contributed by atoms with van der Waals surface area (Å²) in [7, 11) is 0. The summed E-state index contributed by atoms with van der Waals surface area (Å²) < 4.78 is 0. The minimum atomic E-state index is 0.100. The summed E-state index contributed by atoms with van der Waals surface area (Å²) in [6, 6.07) is 51.4. The average Bonchev–Trinajstić information content (AvgIpc) is 4.26. The molecule has 0 aromatic heterocycles. The Kier molecular flexibility index (Phi) is 23.6. The van der Waals surface area contributed by atoms with Crippen molar-refractivity contribution in [1.82, 2.24) is 0 Å². The quantitative estimate of drug-likeness (QED) is 0.134. The summed E-state index contributed by atoms with van der Waals surface area (Å²) in [6.45, 7) is 0. The van der Waals surface area contributed by atoms with Crippen LogP contribution in [0.25, 0.3) is 41.2 Å². The van der Waals surface area contributed by atoms with Crippen molar-refractivity contribution < 1.29 is 40.9 Å². The van der Waals surface area contributed by atoms with Gasteiger partial charge in [-0.2, -0.15) is 0 Å². The maximum absolute atomic E-state index is 11.4. The van der Waals surface area contributed by atoms with E-state index >= 15 is 0 Å². The van der Waals surface area contributed by atoms with E-state index in [1.807, 2.05) is 121 Å². The lowest BCUT2D eigenvalue weighted by molar-refractivity contribution is -0.270. The van der Waals surface area contributed by atoms with Gasteiger partial charge in [0, 0.05) is 0 Å². The maximum Gasteiger partial charge on any atom is -0.00943 e. The first-order valence-corrected chi connectivity index (χ1v) is 31.5. The second kappa shape index (κ2) is 32.9. The van der Waals surface area contributed by atoms with Crippen LogP contribution in [-0.2, 0) is 57.8 Å². The second-order valence-electron chi connectivity index (χ2n) is 22.9. The zero-order chi connectivity index (χ0) is 62.2. The SMILES string of the molecule is [O-]c1cccc2c1C=CCC=C2.[O-]c1cccc2c1CC=C2.[O-]c1cccc2c1CCC2.[O-]c1cccc2c1CCC=C2.[O-]c1cccc2c1CCCC2.[O-]c1cccc2c1CCCC=C2.[O-]c1cccc2c1CCCCC2.[O-]c1cccc2ccccc12. The molecular formula is C81H76O8-8. The molecule has 0 amide bonds. The molecule has 0 heterocycles. The lowest BCUT2D eigenvalue weighted by atomic mass is 9.91. The van der Waals surface area contributed by atoms with Crippen molar-refractivity contribution in [2.75, 3.05) is 0 Å². The normalized spacial score (nSPS) is 14.5. The van der Waals surface area contributed by atoms with Gasteiger partial charge in [0.25, 0.3) is 0 Å². The Morgan fingerprint density at radius 2 is 0.629 bits per heavy atom. The Morgan fingerprint density at radius 3 is 1.22 bits per heavy atom. The third-order valence-electron chi connectivity index (χ3n) is 16.8. The molecule has 0 bridgehead atoms. The Labute approximate surface area is 525 Å². The molecule has 8 nitrogen and oxygen atoms in total. The summed E-state index contributed by atoms with van der Waals surface area (Å²) in [5, 5.41) is 91.8. The Balaban J connectivity index is 0.000000121. The van der Waals surface area contributed by atoms with Gasteiger partial charge in [-0.25, -0.2) is 0 Å². The summed E-state index contributed by atoms with van der Waals surface area (Å²) in [4.78, 5) is 0. The topological polar surface area (TPSA) is 184 Å². The van der Waals surface area contributed by atoms with Gasteiger partial charge in [0.15, 0.2) is 0 Å². The van der Waals surface area contributed by atoms with Gasteiger partial charge in [-0.05, 0) is 188 Å². The van der Waals surface area contributed by atoms with Gasteiger partial charge in [0.05, 0.1) is 0 Å².